The van der Waals surface area contributed by atoms with Gasteiger partial charge in [0.2, 0.25) is 0 Å². The summed E-state index contributed by atoms with van der Waals surface area (Å²) >= 11 is 0. The van der Waals surface area contributed by atoms with Gasteiger partial charge in [0.05, 0.1) is 17.2 Å². The highest BCUT2D eigenvalue weighted by atomic mass is 16.6. The maximum atomic E-state index is 12.7. The normalized spacial score (nSPS) is 20.5. The molecule has 186 valence electrons. The molecule has 2 aliphatic heterocycles. The second-order valence-electron chi connectivity index (χ2n) is 11.0. The fraction of sp³-hybridized carbons (Fsp3) is 0.577. The van der Waals surface area contributed by atoms with Crippen LogP contribution in [0.15, 0.2) is 35.6 Å². The summed E-state index contributed by atoms with van der Waals surface area (Å²) in [6.07, 6.45) is 7.86. The molecular formula is C26H35N7O2. The summed E-state index contributed by atoms with van der Waals surface area (Å²) in [5.74, 6) is 2.46. The van der Waals surface area contributed by atoms with Gasteiger partial charge in [0.1, 0.15) is 29.4 Å². The Kier molecular flexibility index (Phi) is 6.12. The van der Waals surface area contributed by atoms with Crippen molar-refractivity contribution in [1.29, 1.82) is 5.26 Å². The van der Waals surface area contributed by atoms with E-state index in [9.17, 15) is 10.1 Å². The summed E-state index contributed by atoms with van der Waals surface area (Å²) in [4.78, 5) is 32.6. The molecule has 9 nitrogen and oxygen atoms in total. The third-order valence-electron chi connectivity index (χ3n) is 7.34. The number of fused-ring (bicyclic) bond motifs is 2. The minimum atomic E-state index is -0.539. The summed E-state index contributed by atoms with van der Waals surface area (Å²) < 4.78 is 5.59. The van der Waals surface area contributed by atoms with Crippen LogP contribution in [0.3, 0.4) is 0 Å². The summed E-state index contributed by atoms with van der Waals surface area (Å²) in [5.41, 5.74) is 0.692. The number of aliphatic imine (C=N–C) groups is 1. The van der Waals surface area contributed by atoms with Crippen molar-refractivity contribution >= 4 is 23.6 Å². The molecule has 35 heavy (non-hydrogen) atoms. The van der Waals surface area contributed by atoms with Crippen LogP contribution in [0.25, 0.3) is 0 Å². The Morgan fingerprint density at radius 3 is 2.46 bits per heavy atom. The van der Waals surface area contributed by atoms with Crippen LogP contribution in [0.4, 0.5) is 16.4 Å². The number of likely N-dealkylation sites (N-methyl/N-ethyl adjacent to an activating group) is 1. The van der Waals surface area contributed by atoms with E-state index in [1.165, 1.54) is 6.08 Å². The molecule has 9 heteroatoms. The topological polar surface area (TPSA) is 98.0 Å². The van der Waals surface area contributed by atoms with Gasteiger partial charge in [0.25, 0.3) is 0 Å². The third-order valence-corrected chi connectivity index (χ3v) is 7.34. The minimum absolute atomic E-state index is 0.0280. The lowest BCUT2D eigenvalue weighted by atomic mass is 9.65. The number of hydrogen-bond acceptors (Lipinski definition) is 7. The molecule has 0 unspecified atom stereocenters. The van der Waals surface area contributed by atoms with E-state index in [0.29, 0.717) is 24.5 Å². The number of carbonyl (C=O) groups is 1. The number of anilines is 2. The van der Waals surface area contributed by atoms with Crippen molar-refractivity contribution in [3.8, 4) is 6.07 Å². The van der Waals surface area contributed by atoms with Crippen molar-refractivity contribution in [3.63, 3.8) is 0 Å². The Morgan fingerprint density at radius 1 is 1.29 bits per heavy atom. The smallest absolute Gasteiger partial charge is 0.410 e. The van der Waals surface area contributed by atoms with Crippen molar-refractivity contribution in [3.05, 3.63) is 36.2 Å². The van der Waals surface area contributed by atoms with E-state index in [2.05, 4.69) is 39.3 Å². The number of hydrogen-bond donors (Lipinski definition) is 0. The molecule has 1 aromatic heterocycles. The highest BCUT2D eigenvalue weighted by Crippen LogP contribution is 2.55. The second kappa shape index (κ2) is 8.67. The molecule has 0 bridgehead atoms. The molecule has 1 spiro atoms. The van der Waals surface area contributed by atoms with Gasteiger partial charge in [0, 0.05) is 44.7 Å². The first kappa shape index (κ1) is 24.7. The average Bonchev–Trinajstić information content (AvgIpc) is 3.12. The van der Waals surface area contributed by atoms with Gasteiger partial charge in [-0.25, -0.2) is 14.8 Å². The average molecular weight is 478 g/mol. The molecule has 1 amide bonds. The predicted molar refractivity (Wildman–Crippen MR) is 137 cm³/mol. The van der Waals surface area contributed by atoms with Crippen molar-refractivity contribution in [2.45, 2.75) is 63.5 Å². The minimum Gasteiger partial charge on any atom is -0.444 e. The Hall–Kier alpha value is -3.41. The van der Waals surface area contributed by atoms with Crippen LogP contribution in [0, 0.1) is 11.3 Å². The number of ether oxygens (including phenoxy) is 1. The first-order chi connectivity index (χ1) is 16.5. The highest BCUT2D eigenvalue weighted by molar-refractivity contribution is 6.08. The van der Waals surface area contributed by atoms with Crippen molar-refractivity contribution in [1.82, 2.24) is 14.9 Å². The number of carbonyl (C=O) groups excluding carboxylic acids is 1. The predicted octanol–water partition coefficient (Wildman–Crippen LogP) is 3.83. The van der Waals surface area contributed by atoms with Gasteiger partial charge in [-0.15, -0.1) is 0 Å². The highest BCUT2D eigenvalue weighted by Gasteiger charge is 2.54. The van der Waals surface area contributed by atoms with Gasteiger partial charge in [-0.2, -0.15) is 5.26 Å². The van der Waals surface area contributed by atoms with Gasteiger partial charge in [0.15, 0.2) is 0 Å². The standard InChI is InChI=1S/C26H35N7O2/c1-8-18(13-27)12-19(28-6)33-16-26(10-9-11-26)20-21(29-17-30-22(20)33)32-14-25(5,15-32)31(7)23(34)35-24(2,3)4/h8,12,17H,1,9-11,14-16H2,2-7H3/b18-12+,28-19?. The van der Waals surface area contributed by atoms with E-state index in [0.717, 1.165) is 43.0 Å². The van der Waals surface area contributed by atoms with E-state index < -0.39 is 5.60 Å². The number of amidine groups is 1. The van der Waals surface area contributed by atoms with Crippen molar-refractivity contribution in [2.24, 2.45) is 4.99 Å². The quantitative estimate of drug-likeness (QED) is 0.281. The van der Waals surface area contributed by atoms with Crippen LogP contribution >= 0.6 is 0 Å². The van der Waals surface area contributed by atoms with Gasteiger partial charge in [-0.05, 0) is 46.6 Å². The van der Waals surface area contributed by atoms with Crippen LogP contribution < -0.4 is 9.80 Å². The number of nitrogens with zero attached hydrogens (tertiary/aromatic N) is 7. The van der Waals surface area contributed by atoms with Crippen LogP contribution in [0.1, 0.15) is 52.5 Å². The lowest BCUT2D eigenvalue weighted by molar-refractivity contribution is 0.00241. The molecular weight excluding hydrogens is 442 g/mol. The molecule has 0 N–H and O–H groups in total. The molecule has 1 aromatic rings. The van der Waals surface area contributed by atoms with Crippen molar-refractivity contribution in [2.75, 3.05) is 43.5 Å². The third kappa shape index (κ3) is 4.26. The lowest BCUT2D eigenvalue weighted by Crippen LogP contribution is -2.69. The molecule has 0 radical (unpaired) electrons. The monoisotopic (exact) mass is 477 g/mol. The van der Waals surface area contributed by atoms with E-state index in [4.69, 9.17) is 9.72 Å². The van der Waals surface area contributed by atoms with Crippen LogP contribution in [-0.2, 0) is 10.2 Å². The lowest BCUT2D eigenvalue weighted by Gasteiger charge is -2.54. The van der Waals surface area contributed by atoms with Crippen molar-refractivity contribution < 1.29 is 9.53 Å². The molecule has 1 aliphatic carbocycles. The fourth-order valence-electron chi connectivity index (χ4n) is 5.17. The zero-order chi connectivity index (χ0) is 25.6. The Labute approximate surface area is 207 Å². The SMILES string of the molecule is C=C/C(C#N)=C\C(=NC)N1CC2(CCC2)c2c(N3CC(C)(N(C)C(=O)OC(C)(C)C)C3)ncnc21. The zero-order valence-electron chi connectivity index (χ0n) is 21.6. The van der Waals surface area contributed by atoms with Gasteiger partial charge >= 0.3 is 6.09 Å². The van der Waals surface area contributed by atoms with Crippen LogP contribution in [-0.4, -0.2) is 71.7 Å². The van der Waals surface area contributed by atoms with E-state index in [-0.39, 0.29) is 17.0 Å². The van der Waals surface area contributed by atoms with Gasteiger partial charge in [-0.1, -0.05) is 19.1 Å². The number of nitriles is 1. The molecule has 1 saturated carbocycles. The number of allylic oxidation sites excluding steroid dienone is 2. The number of amides is 1. The second-order valence-corrected chi connectivity index (χ2v) is 11.0. The van der Waals surface area contributed by atoms with E-state index >= 15 is 0 Å². The Bertz CT molecular complexity index is 1130. The van der Waals surface area contributed by atoms with Crippen LogP contribution in [0.2, 0.25) is 0 Å². The summed E-state index contributed by atoms with van der Waals surface area (Å²) in [7, 11) is 3.53. The van der Waals surface area contributed by atoms with Gasteiger partial charge in [-0.3, -0.25) is 4.99 Å². The first-order valence-electron chi connectivity index (χ1n) is 12.0. The molecule has 2 fully saturated rings. The van der Waals surface area contributed by atoms with E-state index in [1.807, 2.05) is 20.8 Å². The Balaban J connectivity index is 1.63. The largest absolute Gasteiger partial charge is 0.444 e. The summed E-state index contributed by atoms with van der Waals surface area (Å²) in [6, 6.07) is 2.16. The molecule has 1 saturated heterocycles. The summed E-state index contributed by atoms with van der Waals surface area (Å²) in [6.45, 7) is 13.5. The maximum absolute atomic E-state index is 12.7. The maximum Gasteiger partial charge on any atom is 0.410 e. The van der Waals surface area contributed by atoms with Gasteiger partial charge < -0.3 is 19.4 Å². The summed E-state index contributed by atoms with van der Waals surface area (Å²) in [5, 5.41) is 9.39. The zero-order valence-corrected chi connectivity index (χ0v) is 21.6. The Morgan fingerprint density at radius 2 is 1.94 bits per heavy atom. The first-order valence-corrected chi connectivity index (χ1v) is 12.0. The molecule has 0 atom stereocenters. The fourth-order valence-corrected chi connectivity index (χ4v) is 5.17. The molecule has 3 aliphatic rings. The molecule has 4 rings (SSSR count). The number of aromatic nitrogens is 2. The molecule has 0 aromatic carbocycles. The van der Waals surface area contributed by atoms with E-state index in [1.54, 1.807) is 31.4 Å². The molecule has 3 heterocycles. The number of rotatable bonds is 4. The van der Waals surface area contributed by atoms with Crippen LogP contribution in [0.5, 0.6) is 0 Å².